The predicted octanol–water partition coefficient (Wildman–Crippen LogP) is 0.843. The van der Waals surface area contributed by atoms with Crippen LogP contribution in [0.5, 0.6) is 0 Å². The molecule has 0 fully saturated rings. The highest BCUT2D eigenvalue weighted by Gasteiger charge is 2.14. The average Bonchev–Trinajstić information content (AvgIpc) is 2.45. The molecule has 66 valence electrons. The number of fused-ring (bicyclic) bond motifs is 1. The van der Waals surface area contributed by atoms with E-state index < -0.39 is 5.97 Å². The van der Waals surface area contributed by atoms with Crippen LogP contribution < -0.4 is 5.73 Å². The number of nitrogens with two attached hydrogens (primary N) is 1. The van der Waals surface area contributed by atoms with E-state index in [1.807, 2.05) is 0 Å². The molecular weight excluding hydrogens is 170 g/mol. The van der Waals surface area contributed by atoms with Crippen LogP contribution in [0.3, 0.4) is 0 Å². The van der Waals surface area contributed by atoms with Crippen molar-refractivity contribution in [1.29, 1.82) is 0 Å². The standard InChI is InChI=1S/C8H7N3O2/c9-5-6-4(2-1-3-10-6)11-7(5)8(12)13/h1-3,11H,9H2,(H,12,13). The fourth-order valence-corrected chi connectivity index (χ4v) is 1.21. The molecule has 0 saturated carbocycles. The molecular formula is C8H7N3O2. The lowest BCUT2D eigenvalue weighted by Gasteiger charge is -1.89. The third-order valence-corrected chi connectivity index (χ3v) is 1.81. The second-order valence-electron chi connectivity index (χ2n) is 2.62. The van der Waals surface area contributed by atoms with Crippen LogP contribution in [0.15, 0.2) is 18.3 Å². The summed E-state index contributed by atoms with van der Waals surface area (Å²) in [4.78, 5) is 17.3. The molecule has 5 nitrogen and oxygen atoms in total. The van der Waals surface area contributed by atoms with Gasteiger partial charge in [-0.15, -0.1) is 0 Å². The summed E-state index contributed by atoms with van der Waals surface area (Å²) in [6, 6.07) is 3.44. The summed E-state index contributed by atoms with van der Waals surface area (Å²) >= 11 is 0. The number of pyridine rings is 1. The van der Waals surface area contributed by atoms with Gasteiger partial charge in [-0.1, -0.05) is 0 Å². The number of carboxylic acids is 1. The monoisotopic (exact) mass is 177 g/mol. The maximum atomic E-state index is 10.7. The molecule has 2 aromatic heterocycles. The molecule has 0 aliphatic carbocycles. The van der Waals surface area contributed by atoms with E-state index in [4.69, 9.17) is 10.8 Å². The summed E-state index contributed by atoms with van der Waals surface area (Å²) in [5.41, 5.74) is 6.88. The Balaban J connectivity index is 2.81. The topological polar surface area (TPSA) is 92.0 Å². The highest BCUT2D eigenvalue weighted by atomic mass is 16.4. The van der Waals surface area contributed by atoms with Crippen molar-refractivity contribution in [2.24, 2.45) is 0 Å². The van der Waals surface area contributed by atoms with Gasteiger partial charge in [0.2, 0.25) is 0 Å². The molecule has 0 amide bonds. The first-order valence-corrected chi connectivity index (χ1v) is 3.65. The minimum Gasteiger partial charge on any atom is -0.477 e. The number of aromatic nitrogens is 2. The maximum Gasteiger partial charge on any atom is 0.354 e. The van der Waals surface area contributed by atoms with E-state index in [-0.39, 0.29) is 11.4 Å². The highest BCUT2D eigenvalue weighted by Crippen LogP contribution is 2.21. The van der Waals surface area contributed by atoms with E-state index in [9.17, 15) is 4.79 Å². The lowest BCUT2D eigenvalue weighted by atomic mass is 10.3. The summed E-state index contributed by atoms with van der Waals surface area (Å²) in [6.45, 7) is 0. The van der Waals surface area contributed by atoms with Crippen molar-refractivity contribution in [2.45, 2.75) is 0 Å². The van der Waals surface area contributed by atoms with Gasteiger partial charge in [-0.25, -0.2) is 4.79 Å². The first-order valence-electron chi connectivity index (χ1n) is 3.65. The fourth-order valence-electron chi connectivity index (χ4n) is 1.21. The third kappa shape index (κ3) is 1.01. The molecule has 0 bridgehead atoms. The van der Waals surface area contributed by atoms with Crippen molar-refractivity contribution < 1.29 is 9.90 Å². The van der Waals surface area contributed by atoms with E-state index in [1.165, 1.54) is 0 Å². The lowest BCUT2D eigenvalue weighted by Crippen LogP contribution is -2.00. The molecule has 0 aliphatic heterocycles. The van der Waals surface area contributed by atoms with E-state index in [0.29, 0.717) is 11.0 Å². The van der Waals surface area contributed by atoms with Gasteiger partial charge in [0, 0.05) is 6.20 Å². The van der Waals surface area contributed by atoms with Crippen LogP contribution in [-0.2, 0) is 0 Å². The van der Waals surface area contributed by atoms with Gasteiger partial charge in [-0.3, -0.25) is 4.98 Å². The van der Waals surface area contributed by atoms with Crippen LogP contribution >= 0.6 is 0 Å². The highest BCUT2D eigenvalue weighted by molar-refractivity contribution is 6.02. The van der Waals surface area contributed by atoms with Crippen molar-refractivity contribution >= 4 is 22.7 Å². The molecule has 2 heterocycles. The van der Waals surface area contributed by atoms with E-state index in [0.717, 1.165) is 0 Å². The number of aromatic carboxylic acids is 1. The molecule has 0 saturated heterocycles. The molecule has 0 atom stereocenters. The van der Waals surface area contributed by atoms with Crippen molar-refractivity contribution in [3.63, 3.8) is 0 Å². The van der Waals surface area contributed by atoms with Crippen molar-refractivity contribution in [2.75, 3.05) is 5.73 Å². The molecule has 5 heteroatoms. The Bertz CT molecular complexity index is 475. The van der Waals surface area contributed by atoms with E-state index in [2.05, 4.69) is 9.97 Å². The van der Waals surface area contributed by atoms with Gasteiger partial charge in [0.1, 0.15) is 5.52 Å². The zero-order valence-electron chi connectivity index (χ0n) is 6.61. The fraction of sp³-hybridized carbons (Fsp3) is 0. The van der Waals surface area contributed by atoms with Crippen LogP contribution in [0.2, 0.25) is 0 Å². The largest absolute Gasteiger partial charge is 0.477 e. The zero-order chi connectivity index (χ0) is 9.42. The second kappa shape index (κ2) is 2.48. The molecule has 0 unspecified atom stereocenters. The Kier molecular flexibility index (Phi) is 1.45. The number of hydrogen-bond donors (Lipinski definition) is 3. The van der Waals surface area contributed by atoms with Crippen LogP contribution in [0, 0.1) is 0 Å². The Hall–Kier alpha value is -2.04. The number of anilines is 1. The number of H-pyrrole nitrogens is 1. The Morgan fingerprint density at radius 3 is 3.00 bits per heavy atom. The van der Waals surface area contributed by atoms with Gasteiger partial charge in [-0.2, -0.15) is 0 Å². The number of rotatable bonds is 1. The first kappa shape index (κ1) is 7.60. The number of nitrogen functional groups attached to an aromatic ring is 1. The second-order valence-corrected chi connectivity index (χ2v) is 2.62. The van der Waals surface area contributed by atoms with Crippen LogP contribution in [0.4, 0.5) is 5.69 Å². The normalized spacial score (nSPS) is 10.5. The molecule has 0 aromatic carbocycles. The van der Waals surface area contributed by atoms with Gasteiger partial charge in [0.15, 0.2) is 5.69 Å². The van der Waals surface area contributed by atoms with Gasteiger partial charge in [0.05, 0.1) is 11.2 Å². The molecule has 0 aliphatic rings. The zero-order valence-corrected chi connectivity index (χ0v) is 6.61. The van der Waals surface area contributed by atoms with Crippen molar-refractivity contribution in [1.82, 2.24) is 9.97 Å². The smallest absolute Gasteiger partial charge is 0.354 e. The van der Waals surface area contributed by atoms with E-state index in [1.54, 1.807) is 18.3 Å². The number of carboxylic acid groups (broad SMARTS) is 1. The van der Waals surface area contributed by atoms with Crippen LogP contribution in [-0.4, -0.2) is 21.0 Å². The summed E-state index contributed by atoms with van der Waals surface area (Å²) in [5.74, 6) is -1.07. The molecule has 0 spiro atoms. The molecule has 4 N–H and O–H groups in total. The summed E-state index contributed by atoms with van der Waals surface area (Å²) in [5, 5.41) is 8.73. The summed E-state index contributed by atoms with van der Waals surface area (Å²) in [6.07, 6.45) is 1.57. The first-order chi connectivity index (χ1) is 6.20. The minimum atomic E-state index is -1.07. The molecule has 2 aromatic rings. The molecule has 13 heavy (non-hydrogen) atoms. The maximum absolute atomic E-state index is 10.7. The van der Waals surface area contributed by atoms with Gasteiger partial charge in [0.25, 0.3) is 0 Å². The number of hydrogen-bond acceptors (Lipinski definition) is 3. The lowest BCUT2D eigenvalue weighted by molar-refractivity contribution is 0.0692. The quantitative estimate of drug-likeness (QED) is 0.601. The number of nitrogens with one attached hydrogen (secondary N) is 1. The molecule has 2 rings (SSSR count). The average molecular weight is 177 g/mol. The van der Waals surface area contributed by atoms with Crippen LogP contribution in [0.1, 0.15) is 10.5 Å². The van der Waals surface area contributed by atoms with Crippen molar-refractivity contribution in [3.05, 3.63) is 24.0 Å². The van der Waals surface area contributed by atoms with Gasteiger partial charge >= 0.3 is 5.97 Å². The molecule has 0 radical (unpaired) electrons. The number of aromatic amines is 1. The number of carbonyl (C=O) groups is 1. The SMILES string of the molecule is Nc1c(C(=O)O)[nH]c2cccnc12. The number of nitrogens with zero attached hydrogens (tertiary/aromatic N) is 1. The van der Waals surface area contributed by atoms with Gasteiger partial charge in [-0.05, 0) is 12.1 Å². The Labute approximate surface area is 73.2 Å². The van der Waals surface area contributed by atoms with E-state index >= 15 is 0 Å². The minimum absolute atomic E-state index is 0.00583. The Morgan fingerprint density at radius 2 is 2.38 bits per heavy atom. The third-order valence-electron chi connectivity index (χ3n) is 1.81. The van der Waals surface area contributed by atoms with Crippen molar-refractivity contribution in [3.8, 4) is 0 Å². The van der Waals surface area contributed by atoms with Crippen LogP contribution in [0.25, 0.3) is 11.0 Å². The Morgan fingerprint density at radius 1 is 1.62 bits per heavy atom. The van der Waals surface area contributed by atoms with Gasteiger partial charge < -0.3 is 15.8 Å². The summed E-state index contributed by atoms with van der Waals surface area (Å²) in [7, 11) is 0. The predicted molar refractivity (Wildman–Crippen MR) is 47.5 cm³/mol. The summed E-state index contributed by atoms with van der Waals surface area (Å²) < 4.78 is 0.